The Kier molecular flexibility index (Phi) is 5.97. The molecule has 0 heterocycles. The SMILES string of the molecule is Cc1cc(OC(C)C(=O)Cc2cccc(C(=O)O)c2)ccc1C(C)C. The van der Waals surface area contributed by atoms with Crippen LogP contribution in [0.3, 0.4) is 0 Å². The molecule has 1 N–H and O–H groups in total. The molecule has 1 unspecified atom stereocenters. The van der Waals surface area contributed by atoms with Gasteiger partial charge in [-0.15, -0.1) is 0 Å². The number of hydrogen-bond donors (Lipinski definition) is 1. The van der Waals surface area contributed by atoms with Gasteiger partial charge in [0.05, 0.1) is 5.56 Å². The van der Waals surface area contributed by atoms with Crippen LogP contribution < -0.4 is 4.74 Å². The number of carbonyl (C=O) groups excluding carboxylic acids is 1. The number of hydrogen-bond acceptors (Lipinski definition) is 3. The quantitative estimate of drug-likeness (QED) is 0.811. The Hall–Kier alpha value is -2.62. The highest BCUT2D eigenvalue weighted by Gasteiger charge is 2.16. The van der Waals surface area contributed by atoms with E-state index in [2.05, 4.69) is 13.8 Å². The molecule has 25 heavy (non-hydrogen) atoms. The van der Waals surface area contributed by atoms with Crippen LogP contribution in [0.15, 0.2) is 42.5 Å². The van der Waals surface area contributed by atoms with E-state index in [1.54, 1.807) is 19.1 Å². The standard InChI is InChI=1S/C21H24O4/c1-13(2)19-9-8-18(10-14(19)3)25-15(4)20(22)12-16-6-5-7-17(11-16)21(23)24/h5-11,13,15H,12H2,1-4H3,(H,23,24). The molecular formula is C21H24O4. The van der Waals surface area contributed by atoms with Crippen LogP contribution in [0.1, 0.15) is 53.7 Å². The molecule has 0 saturated heterocycles. The summed E-state index contributed by atoms with van der Waals surface area (Å²) in [7, 11) is 0. The Morgan fingerprint density at radius 1 is 1.08 bits per heavy atom. The van der Waals surface area contributed by atoms with Crippen molar-refractivity contribution in [1.29, 1.82) is 0 Å². The molecule has 0 aliphatic heterocycles. The molecule has 132 valence electrons. The molecule has 2 aromatic carbocycles. The van der Waals surface area contributed by atoms with Crippen LogP contribution in [0.5, 0.6) is 5.75 Å². The highest BCUT2D eigenvalue weighted by Crippen LogP contribution is 2.24. The van der Waals surface area contributed by atoms with Crippen LogP contribution in [0.25, 0.3) is 0 Å². The molecule has 1 atom stereocenters. The highest BCUT2D eigenvalue weighted by atomic mass is 16.5. The maximum Gasteiger partial charge on any atom is 0.335 e. The van der Waals surface area contributed by atoms with Gasteiger partial charge in [-0.25, -0.2) is 4.79 Å². The smallest absolute Gasteiger partial charge is 0.335 e. The fraction of sp³-hybridized carbons (Fsp3) is 0.333. The van der Waals surface area contributed by atoms with E-state index in [1.807, 2.05) is 25.1 Å². The zero-order valence-corrected chi connectivity index (χ0v) is 15.1. The second-order valence-corrected chi connectivity index (χ2v) is 6.58. The Balaban J connectivity index is 2.04. The molecule has 0 bridgehead atoms. The first-order chi connectivity index (χ1) is 11.8. The zero-order chi connectivity index (χ0) is 18.6. The summed E-state index contributed by atoms with van der Waals surface area (Å²) in [4.78, 5) is 23.4. The van der Waals surface area contributed by atoms with Gasteiger partial charge in [0.15, 0.2) is 11.9 Å². The van der Waals surface area contributed by atoms with Gasteiger partial charge in [-0.1, -0.05) is 32.0 Å². The average Bonchev–Trinajstić information content (AvgIpc) is 2.54. The molecule has 0 spiro atoms. The van der Waals surface area contributed by atoms with E-state index in [-0.39, 0.29) is 17.8 Å². The predicted octanol–water partition coefficient (Wildman–Crippen LogP) is 4.40. The molecule has 0 aromatic heterocycles. The molecule has 2 aromatic rings. The molecule has 2 rings (SSSR count). The molecule has 0 saturated carbocycles. The Morgan fingerprint density at radius 3 is 2.40 bits per heavy atom. The van der Waals surface area contributed by atoms with Gasteiger partial charge in [-0.2, -0.15) is 0 Å². The Labute approximate surface area is 148 Å². The predicted molar refractivity (Wildman–Crippen MR) is 97.5 cm³/mol. The van der Waals surface area contributed by atoms with Gasteiger partial charge >= 0.3 is 5.97 Å². The monoisotopic (exact) mass is 340 g/mol. The minimum Gasteiger partial charge on any atom is -0.483 e. The van der Waals surface area contributed by atoms with Gasteiger partial charge in [-0.05, 0) is 60.7 Å². The van der Waals surface area contributed by atoms with Crippen molar-refractivity contribution in [3.05, 3.63) is 64.7 Å². The van der Waals surface area contributed by atoms with Gasteiger partial charge < -0.3 is 9.84 Å². The lowest BCUT2D eigenvalue weighted by Gasteiger charge is -2.16. The maximum atomic E-state index is 12.4. The van der Waals surface area contributed by atoms with Crippen molar-refractivity contribution in [3.63, 3.8) is 0 Å². The number of ketones is 1. The van der Waals surface area contributed by atoms with Crippen molar-refractivity contribution in [2.75, 3.05) is 0 Å². The fourth-order valence-electron chi connectivity index (χ4n) is 2.80. The van der Waals surface area contributed by atoms with Gasteiger partial charge in [0.2, 0.25) is 0 Å². The van der Waals surface area contributed by atoms with Crippen LogP contribution in [-0.4, -0.2) is 23.0 Å². The normalized spacial score (nSPS) is 12.0. The number of ether oxygens (including phenoxy) is 1. The summed E-state index contributed by atoms with van der Waals surface area (Å²) in [6, 6.07) is 12.3. The van der Waals surface area contributed by atoms with Gasteiger partial charge in [0.25, 0.3) is 0 Å². The van der Waals surface area contributed by atoms with Crippen molar-refractivity contribution < 1.29 is 19.4 Å². The second kappa shape index (κ2) is 7.97. The number of aromatic carboxylic acids is 1. The summed E-state index contributed by atoms with van der Waals surface area (Å²) in [5.74, 6) is 0.0177. The van der Waals surface area contributed by atoms with Crippen molar-refractivity contribution in [2.45, 2.75) is 46.1 Å². The fourth-order valence-corrected chi connectivity index (χ4v) is 2.80. The van der Waals surface area contributed by atoms with Gasteiger partial charge in [0.1, 0.15) is 5.75 Å². The minimum atomic E-state index is -1.00. The van der Waals surface area contributed by atoms with Crippen LogP contribution in [0.2, 0.25) is 0 Å². The van der Waals surface area contributed by atoms with E-state index in [1.165, 1.54) is 17.7 Å². The van der Waals surface area contributed by atoms with Gasteiger partial charge in [-0.3, -0.25) is 4.79 Å². The molecule has 4 heteroatoms. The summed E-state index contributed by atoms with van der Waals surface area (Å²) in [5.41, 5.74) is 3.25. The number of aryl methyl sites for hydroxylation is 1. The Bertz CT molecular complexity index is 777. The molecule has 0 aliphatic rings. The van der Waals surface area contributed by atoms with E-state index in [4.69, 9.17) is 9.84 Å². The van der Waals surface area contributed by atoms with E-state index >= 15 is 0 Å². The lowest BCUT2D eigenvalue weighted by molar-refractivity contribution is -0.124. The van der Waals surface area contributed by atoms with Gasteiger partial charge in [0, 0.05) is 6.42 Å². The third-order valence-corrected chi connectivity index (χ3v) is 4.18. The van der Waals surface area contributed by atoms with E-state index in [9.17, 15) is 9.59 Å². The van der Waals surface area contributed by atoms with E-state index in [0.29, 0.717) is 17.2 Å². The van der Waals surface area contributed by atoms with Crippen molar-refractivity contribution in [2.24, 2.45) is 0 Å². The molecule has 4 nitrogen and oxygen atoms in total. The number of benzene rings is 2. The first-order valence-corrected chi connectivity index (χ1v) is 8.40. The number of carboxylic acids is 1. The van der Waals surface area contributed by atoms with Crippen LogP contribution >= 0.6 is 0 Å². The summed E-state index contributed by atoms with van der Waals surface area (Å²) >= 11 is 0. The van der Waals surface area contributed by atoms with Crippen LogP contribution in [0, 0.1) is 6.92 Å². The third-order valence-electron chi connectivity index (χ3n) is 4.18. The number of Topliss-reactive ketones (excluding diaryl/α,β-unsaturated/α-hetero) is 1. The van der Waals surface area contributed by atoms with E-state index < -0.39 is 12.1 Å². The Morgan fingerprint density at radius 2 is 1.80 bits per heavy atom. The average molecular weight is 340 g/mol. The lowest BCUT2D eigenvalue weighted by atomic mass is 9.98. The van der Waals surface area contributed by atoms with Crippen molar-refractivity contribution in [1.82, 2.24) is 0 Å². The minimum absolute atomic E-state index is 0.0897. The molecule has 0 fully saturated rings. The largest absolute Gasteiger partial charge is 0.483 e. The topological polar surface area (TPSA) is 63.6 Å². The van der Waals surface area contributed by atoms with Crippen LogP contribution in [0.4, 0.5) is 0 Å². The molecule has 0 amide bonds. The summed E-state index contributed by atoms with van der Waals surface area (Å²) in [6.07, 6.45) is -0.455. The molecule has 0 aliphatic carbocycles. The molecule has 0 radical (unpaired) electrons. The van der Waals surface area contributed by atoms with E-state index in [0.717, 1.165) is 5.56 Å². The van der Waals surface area contributed by atoms with Crippen LogP contribution in [-0.2, 0) is 11.2 Å². The van der Waals surface area contributed by atoms with Crippen molar-refractivity contribution in [3.8, 4) is 5.75 Å². The first-order valence-electron chi connectivity index (χ1n) is 8.40. The highest BCUT2D eigenvalue weighted by molar-refractivity contribution is 5.89. The maximum absolute atomic E-state index is 12.4. The lowest BCUT2D eigenvalue weighted by Crippen LogP contribution is -2.25. The first kappa shape index (κ1) is 18.7. The number of carboxylic acid groups (broad SMARTS) is 1. The third kappa shape index (κ3) is 4.92. The summed E-state index contributed by atoms with van der Waals surface area (Å²) in [6.45, 7) is 8.03. The number of rotatable bonds is 7. The summed E-state index contributed by atoms with van der Waals surface area (Å²) < 4.78 is 5.78. The summed E-state index contributed by atoms with van der Waals surface area (Å²) in [5, 5.41) is 9.03. The zero-order valence-electron chi connectivity index (χ0n) is 15.1. The van der Waals surface area contributed by atoms with Crippen molar-refractivity contribution >= 4 is 11.8 Å². The molecular weight excluding hydrogens is 316 g/mol. The second-order valence-electron chi connectivity index (χ2n) is 6.58. The number of carbonyl (C=O) groups is 2.